The van der Waals surface area contributed by atoms with Gasteiger partial charge in [-0.2, -0.15) is 13.2 Å². The molecule has 0 fully saturated rings. The minimum absolute atomic E-state index is 0.0317. The number of nitrogens with zero attached hydrogens (tertiary/aromatic N) is 3. The summed E-state index contributed by atoms with van der Waals surface area (Å²) in [7, 11) is 0. The lowest BCUT2D eigenvalue weighted by Gasteiger charge is -2.28. The number of fused-ring (bicyclic) bond motifs is 1. The molecule has 0 bridgehead atoms. The molecule has 2 heterocycles. The normalized spacial score (nSPS) is 15.6. The Kier molecular flexibility index (Phi) is 5.18. The first-order chi connectivity index (χ1) is 12.6. The van der Waals surface area contributed by atoms with Crippen molar-refractivity contribution in [2.24, 2.45) is 5.73 Å². The lowest BCUT2D eigenvalue weighted by molar-refractivity contribution is -0.141. The van der Waals surface area contributed by atoms with Crippen molar-refractivity contribution in [1.29, 1.82) is 0 Å². The number of rotatable bonds is 4. The van der Waals surface area contributed by atoms with Gasteiger partial charge in [-0.3, -0.25) is 4.79 Å². The molecule has 1 aliphatic heterocycles. The van der Waals surface area contributed by atoms with Crippen LogP contribution in [-0.2, 0) is 30.5 Å². The highest BCUT2D eigenvalue weighted by Gasteiger charge is 2.36. The van der Waals surface area contributed by atoms with Crippen LogP contribution in [0.4, 0.5) is 22.0 Å². The summed E-state index contributed by atoms with van der Waals surface area (Å²) >= 11 is 0. The fraction of sp³-hybridized carbons (Fsp3) is 0.412. The van der Waals surface area contributed by atoms with Gasteiger partial charge in [0, 0.05) is 31.7 Å². The molecule has 146 valence electrons. The Labute approximate surface area is 151 Å². The van der Waals surface area contributed by atoms with E-state index >= 15 is 0 Å². The lowest BCUT2D eigenvalue weighted by atomic mass is 10.0. The molecule has 2 aromatic rings. The monoisotopic (exact) mass is 388 g/mol. The summed E-state index contributed by atoms with van der Waals surface area (Å²) < 4.78 is 66.5. The van der Waals surface area contributed by atoms with E-state index in [4.69, 9.17) is 5.73 Å². The van der Waals surface area contributed by atoms with Crippen molar-refractivity contribution in [3.8, 4) is 0 Å². The highest BCUT2D eigenvalue weighted by Crippen LogP contribution is 2.29. The second-order valence-corrected chi connectivity index (χ2v) is 6.45. The number of nitrogens with two attached hydrogens (primary N) is 1. The van der Waals surface area contributed by atoms with E-state index in [1.165, 1.54) is 9.47 Å². The number of hydrogen-bond acceptors (Lipinski definition) is 3. The summed E-state index contributed by atoms with van der Waals surface area (Å²) in [5, 5.41) is 0. The van der Waals surface area contributed by atoms with Gasteiger partial charge in [0.2, 0.25) is 5.91 Å². The van der Waals surface area contributed by atoms with Crippen LogP contribution in [0.1, 0.15) is 23.5 Å². The maximum Gasteiger partial charge on any atom is 0.434 e. The lowest BCUT2D eigenvalue weighted by Crippen LogP contribution is -2.41. The van der Waals surface area contributed by atoms with Gasteiger partial charge in [0.1, 0.15) is 17.5 Å². The first-order valence-electron chi connectivity index (χ1n) is 8.24. The van der Waals surface area contributed by atoms with E-state index in [2.05, 4.69) is 4.98 Å². The van der Waals surface area contributed by atoms with E-state index in [1.807, 2.05) is 0 Å². The first-order valence-corrected chi connectivity index (χ1v) is 8.24. The predicted octanol–water partition coefficient (Wildman–Crippen LogP) is 2.48. The molecule has 5 nitrogen and oxygen atoms in total. The minimum atomic E-state index is -4.55. The van der Waals surface area contributed by atoms with Crippen molar-refractivity contribution >= 4 is 5.91 Å². The van der Waals surface area contributed by atoms with Gasteiger partial charge in [-0.05, 0) is 30.2 Å². The molecule has 1 atom stereocenters. The molecule has 1 aromatic carbocycles. The number of benzene rings is 1. The molecule has 1 aromatic heterocycles. The molecule has 0 unspecified atom stereocenters. The van der Waals surface area contributed by atoms with Crippen LogP contribution in [-0.4, -0.2) is 32.9 Å². The van der Waals surface area contributed by atoms with Crippen molar-refractivity contribution in [3.05, 3.63) is 53.1 Å². The molecular weight excluding hydrogens is 371 g/mol. The maximum atomic E-state index is 13.7. The SMILES string of the molecule is N[C@@H](CC(=O)N1CCn2cc(C(F)(F)F)nc2C1)Cc1cc(F)ccc1F. The van der Waals surface area contributed by atoms with Gasteiger partial charge < -0.3 is 15.2 Å². The van der Waals surface area contributed by atoms with Crippen LogP contribution in [0.5, 0.6) is 0 Å². The molecule has 3 rings (SSSR count). The third kappa shape index (κ3) is 4.44. The zero-order chi connectivity index (χ0) is 19.8. The van der Waals surface area contributed by atoms with Crippen molar-refractivity contribution < 1.29 is 26.7 Å². The van der Waals surface area contributed by atoms with Crippen LogP contribution in [0, 0.1) is 11.6 Å². The number of imidazole rings is 1. The van der Waals surface area contributed by atoms with Crippen LogP contribution < -0.4 is 5.73 Å². The van der Waals surface area contributed by atoms with Crippen LogP contribution in [0.15, 0.2) is 24.4 Å². The van der Waals surface area contributed by atoms with E-state index in [-0.39, 0.29) is 49.8 Å². The van der Waals surface area contributed by atoms with Crippen molar-refractivity contribution in [2.45, 2.75) is 38.1 Å². The van der Waals surface area contributed by atoms with Gasteiger partial charge in [0.25, 0.3) is 0 Å². The van der Waals surface area contributed by atoms with E-state index in [9.17, 15) is 26.7 Å². The van der Waals surface area contributed by atoms with E-state index in [0.29, 0.717) is 0 Å². The van der Waals surface area contributed by atoms with Gasteiger partial charge in [-0.25, -0.2) is 13.8 Å². The number of amides is 1. The molecule has 1 aliphatic rings. The molecule has 0 spiro atoms. The van der Waals surface area contributed by atoms with Crippen LogP contribution in [0.3, 0.4) is 0 Å². The predicted molar refractivity (Wildman–Crippen MR) is 85.3 cm³/mol. The zero-order valence-electron chi connectivity index (χ0n) is 14.1. The molecule has 0 saturated heterocycles. The van der Waals surface area contributed by atoms with Crippen LogP contribution in [0.2, 0.25) is 0 Å². The first kappa shape index (κ1) is 19.3. The molecule has 0 saturated carbocycles. The summed E-state index contributed by atoms with van der Waals surface area (Å²) in [6.07, 6.45) is -3.79. The molecule has 10 heteroatoms. The fourth-order valence-corrected chi connectivity index (χ4v) is 3.01. The number of aromatic nitrogens is 2. The Morgan fingerprint density at radius 1 is 1.26 bits per heavy atom. The van der Waals surface area contributed by atoms with Crippen molar-refractivity contribution in [3.63, 3.8) is 0 Å². The summed E-state index contributed by atoms with van der Waals surface area (Å²) in [6, 6.07) is 2.25. The van der Waals surface area contributed by atoms with Crippen LogP contribution >= 0.6 is 0 Å². The van der Waals surface area contributed by atoms with Gasteiger partial charge in [-0.1, -0.05) is 0 Å². The van der Waals surface area contributed by atoms with Gasteiger partial charge >= 0.3 is 6.18 Å². The summed E-state index contributed by atoms with van der Waals surface area (Å²) in [5.41, 5.74) is 4.96. The minimum Gasteiger partial charge on any atom is -0.333 e. The third-order valence-corrected chi connectivity index (χ3v) is 4.37. The van der Waals surface area contributed by atoms with Crippen molar-refractivity contribution in [2.75, 3.05) is 6.54 Å². The van der Waals surface area contributed by atoms with E-state index in [1.54, 1.807) is 0 Å². The Morgan fingerprint density at radius 3 is 2.70 bits per heavy atom. The largest absolute Gasteiger partial charge is 0.434 e. The Hall–Kier alpha value is -2.49. The average molecular weight is 388 g/mol. The third-order valence-electron chi connectivity index (χ3n) is 4.37. The van der Waals surface area contributed by atoms with E-state index in [0.717, 1.165) is 24.4 Å². The highest BCUT2D eigenvalue weighted by atomic mass is 19.4. The summed E-state index contributed by atoms with van der Waals surface area (Å²) in [4.78, 5) is 17.3. The molecule has 27 heavy (non-hydrogen) atoms. The van der Waals surface area contributed by atoms with Gasteiger partial charge in [0.05, 0.1) is 6.54 Å². The summed E-state index contributed by atoms with van der Waals surface area (Å²) in [6.45, 7) is 0.356. The number of carbonyl (C=O) groups is 1. The molecule has 0 radical (unpaired) electrons. The average Bonchev–Trinajstić information content (AvgIpc) is 3.01. The fourth-order valence-electron chi connectivity index (χ4n) is 3.01. The molecule has 2 N–H and O–H groups in total. The summed E-state index contributed by atoms with van der Waals surface area (Å²) in [5.74, 6) is -1.44. The van der Waals surface area contributed by atoms with Gasteiger partial charge in [-0.15, -0.1) is 0 Å². The standard InChI is InChI=1S/C17H17F5N4O/c18-11-1-2-13(19)10(5-11)6-12(23)7-16(27)26-4-3-25-8-14(17(20,21)22)24-15(25)9-26/h1-2,5,8,12H,3-4,6-7,9,23H2/t12-/m1/s1. The molecular formula is C17H17F5N4O. The number of alkyl halides is 3. The molecule has 0 aliphatic carbocycles. The Balaban J connectivity index is 1.61. The number of hydrogen-bond donors (Lipinski definition) is 1. The maximum absolute atomic E-state index is 13.7. The molecule has 1 amide bonds. The second kappa shape index (κ2) is 7.26. The number of carbonyl (C=O) groups excluding carboxylic acids is 1. The highest BCUT2D eigenvalue weighted by molar-refractivity contribution is 5.76. The topological polar surface area (TPSA) is 64.2 Å². The Morgan fingerprint density at radius 2 is 2.00 bits per heavy atom. The smallest absolute Gasteiger partial charge is 0.333 e. The van der Waals surface area contributed by atoms with Crippen LogP contribution in [0.25, 0.3) is 0 Å². The second-order valence-electron chi connectivity index (χ2n) is 6.45. The van der Waals surface area contributed by atoms with Crippen molar-refractivity contribution in [1.82, 2.24) is 14.5 Å². The Bertz CT molecular complexity index is 848. The van der Waals surface area contributed by atoms with Gasteiger partial charge in [0.15, 0.2) is 5.69 Å². The zero-order valence-corrected chi connectivity index (χ0v) is 14.1. The number of halogens is 5. The quantitative estimate of drug-likeness (QED) is 0.819. The van der Waals surface area contributed by atoms with E-state index < -0.39 is 29.5 Å².